The van der Waals surface area contributed by atoms with Crippen LogP contribution in [-0.2, 0) is 20.4 Å². The molecule has 152 valence electrons. The molecule has 0 unspecified atom stereocenters. The van der Waals surface area contributed by atoms with E-state index in [0.29, 0.717) is 30.6 Å². The molecule has 28 heavy (non-hydrogen) atoms. The largest absolute Gasteiger partial charge is 0.341 e. The molecular weight excluding hydrogens is 392 g/mol. The van der Waals surface area contributed by atoms with Gasteiger partial charge in [0, 0.05) is 24.0 Å². The summed E-state index contributed by atoms with van der Waals surface area (Å²) in [4.78, 5) is 19.0. The Morgan fingerprint density at radius 3 is 2.43 bits per heavy atom. The molecule has 0 bridgehead atoms. The second-order valence-corrected chi connectivity index (χ2v) is 11.3. The van der Waals surface area contributed by atoms with Crippen molar-refractivity contribution in [2.24, 2.45) is 11.8 Å². The van der Waals surface area contributed by atoms with Crippen molar-refractivity contribution in [1.82, 2.24) is 9.88 Å². The Hall–Kier alpha value is -1.73. The third kappa shape index (κ3) is 4.81. The average molecular weight is 421 g/mol. The van der Waals surface area contributed by atoms with Gasteiger partial charge in [-0.15, -0.1) is 11.3 Å². The van der Waals surface area contributed by atoms with Crippen LogP contribution in [0, 0.1) is 18.8 Å². The molecule has 0 aliphatic carbocycles. The number of amides is 1. The summed E-state index contributed by atoms with van der Waals surface area (Å²) in [5.74, 6) is 0.310. The third-order valence-electron chi connectivity index (χ3n) is 5.27. The Balaban J connectivity index is 1.71. The van der Waals surface area contributed by atoms with Gasteiger partial charge in [-0.1, -0.05) is 43.7 Å². The second kappa shape index (κ2) is 8.33. The molecule has 1 aromatic heterocycles. The topological polar surface area (TPSA) is 67.3 Å². The molecule has 3 atom stereocenters. The Morgan fingerprint density at radius 1 is 1.21 bits per heavy atom. The quantitative estimate of drug-likeness (QED) is 0.735. The highest BCUT2D eigenvalue weighted by Crippen LogP contribution is 2.26. The van der Waals surface area contributed by atoms with Crippen LogP contribution in [0.5, 0.6) is 0 Å². The van der Waals surface area contributed by atoms with E-state index in [1.54, 1.807) is 10.3 Å². The highest BCUT2D eigenvalue weighted by atomic mass is 32.2. The van der Waals surface area contributed by atoms with Crippen molar-refractivity contribution in [3.8, 4) is 10.6 Å². The van der Waals surface area contributed by atoms with Crippen LogP contribution in [0.4, 0.5) is 0 Å². The fourth-order valence-electron chi connectivity index (χ4n) is 3.79. The van der Waals surface area contributed by atoms with Crippen molar-refractivity contribution < 1.29 is 13.2 Å². The number of carbonyl (C=O) groups excluding carboxylic acids is 1. The predicted octanol–water partition coefficient (Wildman–Crippen LogP) is 3.93. The number of piperidine rings is 1. The summed E-state index contributed by atoms with van der Waals surface area (Å²) in [6.07, 6.45) is 1.07. The second-order valence-electron chi connectivity index (χ2n) is 8.15. The van der Waals surface area contributed by atoms with Crippen molar-refractivity contribution in [2.75, 3.05) is 13.1 Å². The first-order valence-corrected chi connectivity index (χ1v) is 12.3. The van der Waals surface area contributed by atoms with Gasteiger partial charge in [0.2, 0.25) is 5.91 Å². The van der Waals surface area contributed by atoms with E-state index >= 15 is 0 Å². The molecule has 7 heteroatoms. The molecule has 0 spiro atoms. The van der Waals surface area contributed by atoms with Gasteiger partial charge >= 0.3 is 0 Å². The van der Waals surface area contributed by atoms with Crippen LogP contribution in [-0.4, -0.2) is 42.5 Å². The summed E-state index contributed by atoms with van der Waals surface area (Å²) >= 11 is 1.43. The monoisotopic (exact) mass is 420 g/mol. The lowest BCUT2D eigenvalue weighted by atomic mass is 9.92. The number of aromatic nitrogens is 1. The van der Waals surface area contributed by atoms with Crippen LogP contribution in [0.1, 0.15) is 38.4 Å². The fraction of sp³-hybridized carbons (Fsp3) is 0.524. The van der Waals surface area contributed by atoms with E-state index in [2.05, 4.69) is 18.8 Å². The molecule has 1 amide bonds. The zero-order valence-corrected chi connectivity index (χ0v) is 18.5. The summed E-state index contributed by atoms with van der Waals surface area (Å²) in [7, 11) is -3.62. The number of sulfone groups is 1. The molecule has 1 aliphatic heterocycles. The highest BCUT2D eigenvalue weighted by Gasteiger charge is 2.35. The third-order valence-corrected chi connectivity index (χ3v) is 8.18. The Labute approximate surface area is 171 Å². The van der Waals surface area contributed by atoms with Gasteiger partial charge in [-0.3, -0.25) is 4.79 Å². The van der Waals surface area contributed by atoms with E-state index in [0.717, 1.165) is 22.6 Å². The maximum Gasteiger partial charge on any atom is 0.240 e. The number of thiazole rings is 1. The molecule has 2 heterocycles. The van der Waals surface area contributed by atoms with E-state index in [1.165, 1.54) is 18.3 Å². The Kier molecular flexibility index (Phi) is 6.25. The smallest absolute Gasteiger partial charge is 0.240 e. The number of hydrogen-bond acceptors (Lipinski definition) is 5. The van der Waals surface area contributed by atoms with Gasteiger partial charge in [-0.25, -0.2) is 13.4 Å². The predicted molar refractivity (Wildman–Crippen MR) is 114 cm³/mol. The van der Waals surface area contributed by atoms with Crippen LogP contribution >= 0.6 is 11.3 Å². The number of carbonyl (C=O) groups is 1. The van der Waals surface area contributed by atoms with Crippen molar-refractivity contribution in [3.05, 3.63) is 40.9 Å². The summed E-state index contributed by atoms with van der Waals surface area (Å²) in [6.45, 7) is 9.02. The van der Waals surface area contributed by atoms with Gasteiger partial charge in [0.25, 0.3) is 0 Å². The van der Waals surface area contributed by atoms with Gasteiger partial charge in [-0.05, 0) is 32.1 Å². The first-order chi connectivity index (χ1) is 13.2. The molecule has 0 radical (unpaired) electrons. The minimum Gasteiger partial charge on any atom is -0.341 e. The fourth-order valence-corrected chi connectivity index (χ4v) is 5.98. The van der Waals surface area contributed by atoms with Gasteiger partial charge < -0.3 is 4.90 Å². The molecule has 5 nitrogen and oxygen atoms in total. The van der Waals surface area contributed by atoms with Gasteiger partial charge in [0.1, 0.15) is 10.3 Å². The van der Waals surface area contributed by atoms with Crippen LogP contribution in [0.15, 0.2) is 29.6 Å². The SMILES string of the molecule is Cc1ccc(-c2nc(CS(=O)(=O)[C@H](C)C(=O)N3C[C@H](C)C[C@@H](C)C3)cs2)cc1. The first kappa shape index (κ1) is 21.0. The van der Waals surface area contributed by atoms with Crippen LogP contribution in [0.3, 0.4) is 0 Å². The van der Waals surface area contributed by atoms with E-state index in [1.807, 2.05) is 31.2 Å². The van der Waals surface area contributed by atoms with Gasteiger partial charge in [-0.2, -0.15) is 0 Å². The number of rotatable bonds is 5. The molecule has 1 aromatic carbocycles. The lowest BCUT2D eigenvalue weighted by Gasteiger charge is -2.36. The number of hydrogen-bond donors (Lipinski definition) is 0. The van der Waals surface area contributed by atoms with E-state index in [9.17, 15) is 13.2 Å². The van der Waals surface area contributed by atoms with Crippen LogP contribution < -0.4 is 0 Å². The van der Waals surface area contributed by atoms with E-state index < -0.39 is 15.1 Å². The van der Waals surface area contributed by atoms with Crippen LogP contribution in [0.25, 0.3) is 10.6 Å². The summed E-state index contributed by atoms with van der Waals surface area (Å²) in [5.41, 5.74) is 2.64. The maximum atomic E-state index is 12.9. The minimum absolute atomic E-state index is 0.207. The molecule has 2 aromatic rings. The zero-order valence-electron chi connectivity index (χ0n) is 16.9. The molecule has 3 rings (SSSR count). The molecular formula is C21H28N2O3S2. The van der Waals surface area contributed by atoms with E-state index in [4.69, 9.17) is 0 Å². The van der Waals surface area contributed by atoms with Crippen molar-refractivity contribution in [3.63, 3.8) is 0 Å². The summed E-state index contributed by atoms with van der Waals surface area (Å²) in [6, 6.07) is 7.98. The summed E-state index contributed by atoms with van der Waals surface area (Å²) in [5, 5.41) is 1.52. The lowest BCUT2D eigenvalue weighted by molar-refractivity contribution is -0.133. The molecule has 1 saturated heterocycles. The van der Waals surface area contributed by atoms with Crippen molar-refractivity contribution >= 4 is 27.1 Å². The Morgan fingerprint density at radius 2 is 1.82 bits per heavy atom. The molecule has 0 saturated carbocycles. The molecule has 1 aliphatic rings. The van der Waals surface area contributed by atoms with Gasteiger partial charge in [0.05, 0.1) is 11.4 Å². The van der Waals surface area contributed by atoms with Crippen molar-refractivity contribution in [2.45, 2.75) is 45.1 Å². The van der Waals surface area contributed by atoms with Crippen molar-refractivity contribution in [1.29, 1.82) is 0 Å². The normalized spacial score (nSPS) is 21.5. The standard InChI is InChI=1S/C21H28N2O3S2/c1-14-5-7-18(8-6-14)20-22-19(12-27-20)13-28(25,26)17(4)21(24)23-10-15(2)9-16(3)11-23/h5-8,12,15-17H,9-11,13H2,1-4H3/t15-,16-,17-/m1/s1. The minimum atomic E-state index is -3.62. The van der Waals surface area contributed by atoms with Gasteiger partial charge in [0.15, 0.2) is 9.84 Å². The number of benzene rings is 1. The highest BCUT2D eigenvalue weighted by molar-refractivity contribution is 7.92. The molecule has 1 fully saturated rings. The lowest BCUT2D eigenvalue weighted by Crippen LogP contribution is -2.48. The van der Waals surface area contributed by atoms with Crippen LogP contribution in [0.2, 0.25) is 0 Å². The summed E-state index contributed by atoms with van der Waals surface area (Å²) < 4.78 is 25.7. The number of aryl methyl sites for hydroxylation is 1. The Bertz CT molecular complexity index is 925. The number of nitrogens with zero attached hydrogens (tertiary/aromatic N) is 2. The molecule has 0 N–H and O–H groups in total. The maximum absolute atomic E-state index is 12.9. The zero-order chi connectivity index (χ0) is 20.5. The number of likely N-dealkylation sites (tertiary alicyclic amines) is 1. The average Bonchev–Trinajstić information content (AvgIpc) is 3.08. The van der Waals surface area contributed by atoms with E-state index in [-0.39, 0.29) is 11.7 Å². The first-order valence-electron chi connectivity index (χ1n) is 9.67.